The first kappa shape index (κ1) is 16.3. The van der Waals surface area contributed by atoms with Crippen molar-refractivity contribution in [3.05, 3.63) is 65.9 Å². The number of aryl methyl sites for hydroxylation is 3. The third-order valence-corrected chi connectivity index (χ3v) is 4.57. The van der Waals surface area contributed by atoms with E-state index < -0.39 is 0 Å². The van der Waals surface area contributed by atoms with Crippen LogP contribution in [0.2, 0.25) is 0 Å². The lowest BCUT2D eigenvalue weighted by molar-refractivity contribution is 0.0949. The number of imidazole rings is 2. The molecule has 0 aliphatic heterocycles. The van der Waals surface area contributed by atoms with Crippen molar-refractivity contribution < 1.29 is 4.79 Å². The summed E-state index contributed by atoms with van der Waals surface area (Å²) in [7, 11) is 2.03. The zero-order valence-electron chi connectivity index (χ0n) is 14.9. The lowest BCUT2D eigenvalue weighted by Gasteiger charge is -2.04. The number of fused-ring (bicyclic) bond motifs is 2. The van der Waals surface area contributed by atoms with E-state index in [1.54, 1.807) is 6.20 Å². The Kier molecular flexibility index (Phi) is 4.16. The molecule has 6 heteroatoms. The molecular weight excluding hydrogens is 326 g/mol. The van der Waals surface area contributed by atoms with Crippen molar-refractivity contribution in [3.8, 4) is 0 Å². The monoisotopic (exact) mass is 347 g/mol. The van der Waals surface area contributed by atoms with Gasteiger partial charge in [-0.25, -0.2) is 9.97 Å². The normalized spacial score (nSPS) is 11.3. The minimum atomic E-state index is -0.142. The second-order valence-electron chi connectivity index (χ2n) is 6.53. The van der Waals surface area contributed by atoms with Gasteiger partial charge < -0.3 is 14.3 Å². The third-order valence-electron chi connectivity index (χ3n) is 4.57. The van der Waals surface area contributed by atoms with Crippen LogP contribution in [-0.4, -0.2) is 31.4 Å². The van der Waals surface area contributed by atoms with Crippen molar-refractivity contribution in [2.45, 2.75) is 19.8 Å². The zero-order chi connectivity index (χ0) is 18.1. The molecule has 0 saturated carbocycles. The first-order valence-corrected chi connectivity index (χ1v) is 8.76. The van der Waals surface area contributed by atoms with E-state index in [-0.39, 0.29) is 5.91 Å². The predicted octanol–water partition coefficient (Wildman–Crippen LogP) is 2.89. The molecule has 0 aliphatic carbocycles. The molecule has 26 heavy (non-hydrogen) atoms. The summed E-state index contributed by atoms with van der Waals surface area (Å²) < 4.78 is 3.99. The molecule has 1 amide bonds. The van der Waals surface area contributed by atoms with Crippen molar-refractivity contribution in [2.24, 2.45) is 7.05 Å². The minimum Gasteiger partial charge on any atom is -0.351 e. The summed E-state index contributed by atoms with van der Waals surface area (Å²) in [6.07, 6.45) is 5.37. The molecule has 6 nitrogen and oxygen atoms in total. The SMILES string of the molecule is Cc1ccc2nc(C(=O)NCCCc3nc4ccccc4n3C)cn2c1. The van der Waals surface area contributed by atoms with Crippen LogP contribution in [0.3, 0.4) is 0 Å². The summed E-state index contributed by atoms with van der Waals surface area (Å²) in [4.78, 5) is 21.3. The fraction of sp³-hybridized carbons (Fsp3) is 0.250. The van der Waals surface area contributed by atoms with Crippen LogP contribution in [0.15, 0.2) is 48.8 Å². The minimum absolute atomic E-state index is 0.142. The molecule has 1 aromatic carbocycles. The highest BCUT2D eigenvalue weighted by molar-refractivity contribution is 5.92. The molecule has 0 unspecified atom stereocenters. The summed E-state index contributed by atoms with van der Waals surface area (Å²) >= 11 is 0. The molecule has 0 bridgehead atoms. The average Bonchev–Trinajstić information content (AvgIpc) is 3.20. The van der Waals surface area contributed by atoms with Gasteiger partial charge in [-0.05, 0) is 37.1 Å². The Labute approximate surface area is 151 Å². The van der Waals surface area contributed by atoms with Crippen LogP contribution >= 0.6 is 0 Å². The molecule has 0 spiro atoms. The molecule has 3 heterocycles. The fourth-order valence-corrected chi connectivity index (χ4v) is 3.17. The maximum Gasteiger partial charge on any atom is 0.271 e. The van der Waals surface area contributed by atoms with Gasteiger partial charge in [-0.1, -0.05) is 18.2 Å². The first-order valence-electron chi connectivity index (χ1n) is 8.76. The number of nitrogens with one attached hydrogen (secondary N) is 1. The number of pyridine rings is 1. The summed E-state index contributed by atoms with van der Waals surface area (Å²) in [5, 5.41) is 2.95. The molecule has 0 fully saturated rings. The highest BCUT2D eigenvalue weighted by Gasteiger charge is 2.11. The quantitative estimate of drug-likeness (QED) is 0.565. The topological polar surface area (TPSA) is 64.2 Å². The van der Waals surface area contributed by atoms with E-state index in [2.05, 4.69) is 25.9 Å². The molecule has 0 radical (unpaired) electrons. The lowest BCUT2D eigenvalue weighted by atomic mass is 10.3. The van der Waals surface area contributed by atoms with Crippen LogP contribution in [0.5, 0.6) is 0 Å². The zero-order valence-corrected chi connectivity index (χ0v) is 14.9. The van der Waals surface area contributed by atoms with E-state index in [0.717, 1.165) is 40.9 Å². The average molecular weight is 347 g/mol. The number of aromatic nitrogens is 4. The molecule has 0 atom stereocenters. The Morgan fingerprint density at radius 1 is 1.12 bits per heavy atom. The number of benzene rings is 1. The van der Waals surface area contributed by atoms with Crippen LogP contribution < -0.4 is 5.32 Å². The molecule has 132 valence electrons. The number of nitrogens with zero attached hydrogens (tertiary/aromatic N) is 4. The maximum absolute atomic E-state index is 12.3. The van der Waals surface area contributed by atoms with Crippen LogP contribution in [-0.2, 0) is 13.5 Å². The van der Waals surface area contributed by atoms with Gasteiger partial charge in [0.2, 0.25) is 0 Å². The molecule has 4 rings (SSSR count). The molecule has 4 aromatic rings. The number of amides is 1. The van der Waals surface area contributed by atoms with Gasteiger partial charge in [0.15, 0.2) is 0 Å². The number of para-hydroxylation sites is 2. The Hall–Kier alpha value is -3.15. The van der Waals surface area contributed by atoms with E-state index in [9.17, 15) is 4.79 Å². The van der Waals surface area contributed by atoms with Crippen molar-refractivity contribution in [2.75, 3.05) is 6.54 Å². The molecular formula is C20H21N5O. The largest absolute Gasteiger partial charge is 0.351 e. The van der Waals surface area contributed by atoms with Gasteiger partial charge in [0.05, 0.1) is 11.0 Å². The summed E-state index contributed by atoms with van der Waals surface area (Å²) in [5.74, 6) is 0.889. The summed E-state index contributed by atoms with van der Waals surface area (Å²) in [6.45, 7) is 2.61. The fourth-order valence-electron chi connectivity index (χ4n) is 3.17. The number of hydrogen-bond donors (Lipinski definition) is 1. The molecule has 1 N–H and O–H groups in total. The smallest absolute Gasteiger partial charge is 0.271 e. The van der Waals surface area contributed by atoms with E-state index in [0.29, 0.717) is 12.2 Å². The van der Waals surface area contributed by atoms with Crippen molar-refractivity contribution in [1.82, 2.24) is 24.3 Å². The van der Waals surface area contributed by atoms with Gasteiger partial charge in [-0.15, -0.1) is 0 Å². The number of carbonyl (C=O) groups is 1. The van der Waals surface area contributed by atoms with Crippen LogP contribution in [0.1, 0.15) is 28.3 Å². The summed E-state index contributed by atoms with van der Waals surface area (Å²) in [5.41, 5.74) is 4.49. The van der Waals surface area contributed by atoms with Crippen LogP contribution in [0, 0.1) is 6.92 Å². The van der Waals surface area contributed by atoms with Gasteiger partial charge in [-0.3, -0.25) is 4.79 Å². The Bertz CT molecular complexity index is 1090. The number of hydrogen-bond acceptors (Lipinski definition) is 3. The molecule has 0 saturated heterocycles. The predicted molar refractivity (Wildman–Crippen MR) is 101 cm³/mol. The van der Waals surface area contributed by atoms with Gasteiger partial charge in [-0.2, -0.15) is 0 Å². The molecule has 0 aliphatic rings. The van der Waals surface area contributed by atoms with E-state index in [1.165, 1.54) is 0 Å². The lowest BCUT2D eigenvalue weighted by Crippen LogP contribution is -2.25. The number of rotatable bonds is 5. The Balaban J connectivity index is 1.36. The van der Waals surface area contributed by atoms with Crippen LogP contribution in [0.4, 0.5) is 0 Å². The molecule has 3 aromatic heterocycles. The van der Waals surface area contributed by atoms with E-state index in [4.69, 9.17) is 0 Å². The first-order chi connectivity index (χ1) is 12.6. The van der Waals surface area contributed by atoms with Crippen LogP contribution in [0.25, 0.3) is 16.7 Å². The van der Waals surface area contributed by atoms with E-state index >= 15 is 0 Å². The third kappa shape index (κ3) is 3.06. The van der Waals surface area contributed by atoms with Gasteiger partial charge in [0.1, 0.15) is 17.2 Å². The van der Waals surface area contributed by atoms with Gasteiger partial charge in [0.25, 0.3) is 5.91 Å². The van der Waals surface area contributed by atoms with Gasteiger partial charge >= 0.3 is 0 Å². The van der Waals surface area contributed by atoms with E-state index in [1.807, 2.05) is 54.9 Å². The Morgan fingerprint density at radius 3 is 2.81 bits per heavy atom. The Morgan fingerprint density at radius 2 is 1.96 bits per heavy atom. The summed E-state index contributed by atoms with van der Waals surface area (Å²) in [6, 6.07) is 12.0. The standard InChI is InChI=1S/C20H21N5O/c1-14-9-10-19-23-16(13-25(19)12-14)20(26)21-11-5-8-18-22-15-6-3-4-7-17(15)24(18)2/h3-4,6-7,9-10,12-13H,5,8,11H2,1-2H3,(H,21,26). The maximum atomic E-state index is 12.3. The van der Waals surface area contributed by atoms with Crippen molar-refractivity contribution in [1.29, 1.82) is 0 Å². The van der Waals surface area contributed by atoms with Crippen molar-refractivity contribution in [3.63, 3.8) is 0 Å². The highest BCUT2D eigenvalue weighted by Crippen LogP contribution is 2.15. The highest BCUT2D eigenvalue weighted by atomic mass is 16.1. The van der Waals surface area contributed by atoms with Crippen molar-refractivity contribution >= 4 is 22.6 Å². The number of carbonyl (C=O) groups excluding carboxylic acids is 1. The second kappa shape index (κ2) is 6.63. The second-order valence-corrected chi connectivity index (χ2v) is 6.53. The van der Waals surface area contributed by atoms with Gasteiger partial charge in [0, 0.05) is 32.4 Å².